The van der Waals surface area contributed by atoms with Gasteiger partial charge in [0.15, 0.2) is 0 Å². The predicted molar refractivity (Wildman–Crippen MR) is 114 cm³/mol. The van der Waals surface area contributed by atoms with Crippen molar-refractivity contribution in [1.29, 1.82) is 0 Å². The molecule has 0 spiro atoms. The van der Waals surface area contributed by atoms with Crippen molar-refractivity contribution in [3.05, 3.63) is 69.1 Å². The Morgan fingerprint density at radius 2 is 1.97 bits per heavy atom. The second-order valence-electron chi connectivity index (χ2n) is 6.49. The maximum atomic E-state index is 12.8. The highest BCUT2D eigenvalue weighted by Crippen LogP contribution is 2.31. The van der Waals surface area contributed by atoms with Crippen LogP contribution in [0.1, 0.15) is 21.5 Å². The van der Waals surface area contributed by atoms with E-state index in [1.165, 1.54) is 16.3 Å². The smallest absolute Gasteiger partial charge is 0.342 e. The molecule has 1 aromatic heterocycles. The van der Waals surface area contributed by atoms with Crippen molar-refractivity contribution >= 4 is 40.4 Å². The van der Waals surface area contributed by atoms with Gasteiger partial charge in [0.05, 0.1) is 18.2 Å². The van der Waals surface area contributed by atoms with Crippen molar-refractivity contribution in [2.24, 2.45) is 5.10 Å². The summed E-state index contributed by atoms with van der Waals surface area (Å²) in [6.45, 7) is 1.31. The van der Waals surface area contributed by atoms with Gasteiger partial charge >= 0.3 is 6.03 Å². The molecule has 0 radical (unpaired) electrons. The van der Waals surface area contributed by atoms with E-state index in [-0.39, 0.29) is 11.9 Å². The summed E-state index contributed by atoms with van der Waals surface area (Å²) in [7, 11) is 0. The van der Waals surface area contributed by atoms with Crippen molar-refractivity contribution < 1.29 is 13.9 Å². The lowest BCUT2D eigenvalue weighted by Gasteiger charge is -2.14. The van der Waals surface area contributed by atoms with Crippen LogP contribution in [0.2, 0.25) is 5.02 Å². The number of alkyl halides is 1. The molecule has 0 fully saturated rings. The third-order valence-electron chi connectivity index (χ3n) is 4.46. The summed E-state index contributed by atoms with van der Waals surface area (Å²) in [5.41, 5.74) is 2.13. The fourth-order valence-electron chi connectivity index (χ4n) is 3.04. The first-order valence-electron chi connectivity index (χ1n) is 9.05. The number of halogens is 2. The number of nitrogens with one attached hydrogen (secondary N) is 1. The van der Waals surface area contributed by atoms with Crippen LogP contribution in [0.5, 0.6) is 5.75 Å². The minimum atomic E-state index is -0.909. The van der Waals surface area contributed by atoms with E-state index in [2.05, 4.69) is 20.6 Å². The molecule has 30 heavy (non-hydrogen) atoms. The molecule has 1 atom stereocenters. The third kappa shape index (κ3) is 4.42. The molecule has 1 unspecified atom stereocenters. The predicted octanol–water partition coefficient (Wildman–Crippen LogP) is 4.84. The normalized spacial score (nSPS) is 15.8. The van der Waals surface area contributed by atoms with E-state index >= 15 is 0 Å². The Balaban J connectivity index is 1.56. The van der Waals surface area contributed by atoms with Gasteiger partial charge in [-0.05, 0) is 48.9 Å². The number of carbonyl (C=O) groups is 1. The number of rotatable bonds is 5. The number of anilines is 1. The van der Waals surface area contributed by atoms with E-state index in [0.717, 1.165) is 21.3 Å². The summed E-state index contributed by atoms with van der Waals surface area (Å²) in [6, 6.07) is 13.3. The van der Waals surface area contributed by atoms with Gasteiger partial charge in [-0.3, -0.25) is 0 Å². The number of aromatic nitrogens is 2. The van der Waals surface area contributed by atoms with E-state index < -0.39 is 6.86 Å². The summed E-state index contributed by atoms with van der Waals surface area (Å²) in [4.78, 5) is 12.8. The number of aryl methyl sites for hydroxylation is 1. The van der Waals surface area contributed by atoms with E-state index in [0.29, 0.717) is 23.0 Å². The summed E-state index contributed by atoms with van der Waals surface area (Å²) < 4.78 is 17.0. The van der Waals surface area contributed by atoms with Gasteiger partial charge in [-0.25, -0.2) is 14.2 Å². The lowest BCUT2D eigenvalue weighted by Crippen LogP contribution is -2.30. The second-order valence-corrected chi connectivity index (χ2v) is 8.14. The molecule has 1 N–H and O–H groups in total. The largest absolute Gasteiger partial charge is 0.463 e. The molecule has 2 heterocycles. The number of nitrogens with zero attached hydrogens (tertiary/aromatic N) is 4. The average Bonchev–Trinajstić information content (AvgIpc) is 3.37. The number of hydrogen-bond acceptors (Lipinski definition) is 6. The van der Waals surface area contributed by atoms with Crippen LogP contribution in [0, 0.1) is 6.92 Å². The Morgan fingerprint density at radius 3 is 2.60 bits per heavy atom. The first-order valence-corrected chi connectivity index (χ1v) is 10.2. The zero-order valence-corrected chi connectivity index (χ0v) is 17.5. The molecule has 3 aromatic rings. The molecule has 1 aliphatic heterocycles. The quantitative estimate of drug-likeness (QED) is 0.609. The molecule has 0 aliphatic carbocycles. The first-order chi connectivity index (χ1) is 14.5. The topological polar surface area (TPSA) is 79.7 Å². The minimum Gasteiger partial charge on any atom is -0.463 e. The number of amides is 2. The zero-order valence-electron chi connectivity index (χ0n) is 15.9. The van der Waals surface area contributed by atoms with E-state index in [1.807, 2.05) is 19.1 Å². The molecule has 2 aromatic carbocycles. The van der Waals surface area contributed by atoms with Gasteiger partial charge < -0.3 is 10.1 Å². The van der Waals surface area contributed by atoms with Gasteiger partial charge in [0.25, 0.3) is 0 Å². The number of benzene rings is 2. The monoisotopic (exact) mass is 445 g/mol. The first kappa shape index (κ1) is 20.2. The van der Waals surface area contributed by atoms with Crippen molar-refractivity contribution in [3.63, 3.8) is 0 Å². The molecular weight excluding hydrogens is 429 g/mol. The minimum absolute atomic E-state index is 0.191. The van der Waals surface area contributed by atoms with Crippen molar-refractivity contribution in [3.8, 4) is 5.75 Å². The number of hydrogen-bond donors (Lipinski definition) is 1. The van der Waals surface area contributed by atoms with Crippen molar-refractivity contribution in [2.45, 2.75) is 12.8 Å². The molecule has 7 nitrogen and oxygen atoms in total. The average molecular weight is 446 g/mol. The maximum absolute atomic E-state index is 12.8. The van der Waals surface area contributed by atoms with E-state index in [9.17, 15) is 9.18 Å². The zero-order chi connectivity index (χ0) is 21.1. The molecule has 2 amide bonds. The highest BCUT2D eigenvalue weighted by Gasteiger charge is 2.34. The van der Waals surface area contributed by atoms with Crippen molar-refractivity contribution in [1.82, 2.24) is 15.2 Å². The van der Waals surface area contributed by atoms with E-state index in [1.54, 1.807) is 36.4 Å². The number of carbonyl (C=O) groups excluding carboxylic acids is 1. The highest BCUT2D eigenvalue weighted by atomic mass is 35.5. The molecular formula is C20H17ClFN5O2S. The van der Waals surface area contributed by atoms with Gasteiger partial charge in [0.1, 0.15) is 15.8 Å². The van der Waals surface area contributed by atoms with Crippen LogP contribution in [-0.4, -0.2) is 40.4 Å². The fourth-order valence-corrected chi connectivity index (χ4v) is 3.96. The van der Waals surface area contributed by atoms with Crippen LogP contribution in [-0.2, 0) is 0 Å². The highest BCUT2D eigenvalue weighted by molar-refractivity contribution is 7.11. The number of ether oxygens (including phenoxy) is 1. The lowest BCUT2D eigenvalue weighted by molar-refractivity contribution is 0.192. The van der Waals surface area contributed by atoms with Gasteiger partial charge in [0, 0.05) is 10.7 Å². The summed E-state index contributed by atoms with van der Waals surface area (Å²) in [5.74, 6) is 0.190. The van der Waals surface area contributed by atoms with Crippen LogP contribution in [0.3, 0.4) is 0 Å². The molecule has 0 saturated heterocycles. The Morgan fingerprint density at radius 1 is 1.23 bits per heavy atom. The Labute approximate surface area is 181 Å². The second kappa shape index (κ2) is 8.76. The van der Waals surface area contributed by atoms with Crippen LogP contribution in [0.25, 0.3) is 0 Å². The van der Waals surface area contributed by atoms with Gasteiger partial charge in [0.2, 0.25) is 6.86 Å². The van der Waals surface area contributed by atoms with Gasteiger partial charge in [-0.2, -0.15) is 5.10 Å². The third-order valence-corrected chi connectivity index (χ3v) is 5.66. The molecule has 0 saturated carbocycles. The van der Waals surface area contributed by atoms with Crippen LogP contribution in [0.15, 0.2) is 53.6 Å². The molecule has 154 valence electrons. The van der Waals surface area contributed by atoms with Gasteiger partial charge in [-0.15, -0.1) is 21.5 Å². The maximum Gasteiger partial charge on any atom is 0.342 e. The van der Waals surface area contributed by atoms with Crippen LogP contribution < -0.4 is 10.1 Å². The number of hydrazone groups is 1. The lowest BCUT2D eigenvalue weighted by atomic mass is 9.98. The van der Waals surface area contributed by atoms with Crippen LogP contribution >= 0.6 is 22.9 Å². The van der Waals surface area contributed by atoms with Crippen LogP contribution in [0.4, 0.5) is 14.9 Å². The SMILES string of the molecule is Cc1nnc(C2CN(C(=O)Nc3ccc(OCF)cc3)N=C2c2ccc(Cl)cc2)s1. The Hall–Kier alpha value is -3.04. The summed E-state index contributed by atoms with van der Waals surface area (Å²) >= 11 is 7.49. The van der Waals surface area contributed by atoms with E-state index in [4.69, 9.17) is 16.3 Å². The van der Waals surface area contributed by atoms with Crippen molar-refractivity contribution in [2.75, 3.05) is 18.7 Å². The Bertz CT molecular complexity index is 1070. The molecule has 4 rings (SSSR count). The molecule has 10 heteroatoms. The standard InChI is InChI=1S/C20H17ClFN5O2S/c1-12-24-25-19(30-12)17-10-27(26-18(17)13-2-4-14(21)5-3-13)20(28)23-15-6-8-16(9-7-15)29-11-22/h2-9,17H,10-11H2,1H3,(H,23,28). The molecule has 0 bridgehead atoms. The summed E-state index contributed by atoms with van der Waals surface area (Å²) in [6.07, 6.45) is 0. The number of urea groups is 1. The van der Waals surface area contributed by atoms with Gasteiger partial charge in [-0.1, -0.05) is 23.7 Å². The Kier molecular flexibility index (Phi) is 5.91. The summed E-state index contributed by atoms with van der Waals surface area (Å²) in [5, 5.41) is 19.3. The fraction of sp³-hybridized carbons (Fsp3) is 0.200. The molecule has 1 aliphatic rings.